The number of nitrogens with zero attached hydrogens (tertiary/aromatic N) is 5. The average molecular weight is 424 g/mol. The van der Waals surface area contributed by atoms with Gasteiger partial charge in [0.2, 0.25) is 17.8 Å². The summed E-state index contributed by atoms with van der Waals surface area (Å²) in [6, 6.07) is 5.18. The van der Waals surface area contributed by atoms with Crippen LogP contribution in [0.1, 0.15) is 24.2 Å². The van der Waals surface area contributed by atoms with Gasteiger partial charge in [-0.3, -0.25) is 14.6 Å². The van der Waals surface area contributed by atoms with Crippen molar-refractivity contribution >= 4 is 34.7 Å². The number of imidazole rings is 1. The summed E-state index contributed by atoms with van der Waals surface area (Å²) in [5, 5.41) is 2.66. The minimum atomic E-state index is -0.360. The smallest absolute Gasteiger partial charge is 0.325 e. The van der Waals surface area contributed by atoms with Crippen molar-refractivity contribution in [1.29, 1.82) is 0 Å². The van der Waals surface area contributed by atoms with Gasteiger partial charge in [-0.2, -0.15) is 0 Å². The SMILES string of the molecule is Cc1cc(C)nc(N2CCN(C(=O)CCC(=O)Nc3ccc4[nH]c(=O)[nH]c4n3)CC2)n1. The zero-order valence-electron chi connectivity index (χ0n) is 17.4. The van der Waals surface area contributed by atoms with E-state index in [1.807, 2.05) is 19.9 Å². The van der Waals surface area contributed by atoms with E-state index in [2.05, 4.69) is 35.1 Å². The first-order valence-electron chi connectivity index (χ1n) is 10.1. The standard InChI is InChI=1S/C20H24N8O3/c1-12-11-13(2)22-19(21-12)28-9-7-27(8-10-28)17(30)6-5-16(29)24-15-4-3-14-18(25-15)26-20(31)23-14/h3-4,11H,5-10H2,1-2H3,(H3,23,24,25,26,29,31). The molecule has 0 saturated carbocycles. The summed E-state index contributed by atoms with van der Waals surface area (Å²) in [4.78, 5) is 58.1. The summed E-state index contributed by atoms with van der Waals surface area (Å²) >= 11 is 0. The second kappa shape index (κ2) is 8.54. The quantitative estimate of drug-likeness (QED) is 0.548. The molecule has 0 spiro atoms. The first-order valence-corrected chi connectivity index (χ1v) is 10.1. The number of piperazine rings is 1. The molecule has 4 rings (SSSR count). The topological polar surface area (TPSA) is 140 Å². The molecule has 0 aliphatic carbocycles. The second-order valence-corrected chi connectivity index (χ2v) is 7.54. The van der Waals surface area contributed by atoms with Gasteiger partial charge < -0.3 is 20.1 Å². The lowest BCUT2D eigenvalue weighted by molar-refractivity contribution is -0.133. The maximum Gasteiger partial charge on any atom is 0.325 e. The third kappa shape index (κ3) is 4.87. The molecule has 0 atom stereocenters. The number of carbonyl (C=O) groups excluding carboxylic acids is 2. The maximum atomic E-state index is 12.5. The van der Waals surface area contributed by atoms with Crippen LogP contribution in [0.2, 0.25) is 0 Å². The fourth-order valence-corrected chi connectivity index (χ4v) is 3.57. The molecule has 31 heavy (non-hydrogen) atoms. The van der Waals surface area contributed by atoms with E-state index in [-0.39, 0.29) is 30.3 Å². The molecule has 1 saturated heterocycles. The van der Waals surface area contributed by atoms with Crippen LogP contribution in [0.25, 0.3) is 11.2 Å². The van der Waals surface area contributed by atoms with Crippen molar-refractivity contribution in [1.82, 2.24) is 29.8 Å². The first kappa shape index (κ1) is 20.5. The minimum Gasteiger partial charge on any atom is -0.339 e. The molecule has 1 fully saturated rings. The number of aromatic amines is 2. The van der Waals surface area contributed by atoms with Gasteiger partial charge in [-0.05, 0) is 32.0 Å². The van der Waals surface area contributed by atoms with Crippen LogP contribution in [0, 0.1) is 13.8 Å². The van der Waals surface area contributed by atoms with Crippen molar-refractivity contribution in [3.05, 3.63) is 40.1 Å². The summed E-state index contributed by atoms with van der Waals surface area (Å²) in [7, 11) is 0. The molecule has 0 aromatic carbocycles. The van der Waals surface area contributed by atoms with Crippen LogP contribution >= 0.6 is 0 Å². The molecule has 1 aliphatic heterocycles. The fraction of sp³-hybridized carbons (Fsp3) is 0.400. The number of carbonyl (C=O) groups is 2. The Bertz CT molecular complexity index is 1160. The van der Waals surface area contributed by atoms with E-state index in [1.54, 1.807) is 17.0 Å². The molecule has 0 radical (unpaired) electrons. The molecule has 2 amide bonds. The van der Waals surface area contributed by atoms with Gasteiger partial charge in [-0.1, -0.05) is 0 Å². The van der Waals surface area contributed by atoms with Crippen molar-refractivity contribution in [2.45, 2.75) is 26.7 Å². The van der Waals surface area contributed by atoms with Crippen molar-refractivity contribution in [2.75, 3.05) is 36.4 Å². The Morgan fingerprint density at radius 3 is 2.42 bits per heavy atom. The van der Waals surface area contributed by atoms with Gasteiger partial charge in [0.1, 0.15) is 5.82 Å². The number of fused-ring (bicyclic) bond motifs is 1. The molecule has 3 aromatic heterocycles. The van der Waals surface area contributed by atoms with Crippen LogP contribution in [0.3, 0.4) is 0 Å². The Hall–Kier alpha value is -3.76. The van der Waals surface area contributed by atoms with Crippen LogP contribution in [-0.2, 0) is 9.59 Å². The van der Waals surface area contributed by atoms with Crippen molar-refractivity contribution < 1.29 is 9.59 Å². The van der Waals surface area contributed by atoms with E-state index in [0.29, 0.717) is 49.1 Å². The first-order chi connectivity index (χ1) is 14.9. The molecule has 11 heteroatoms. The predicted octanol–water partition coefficient (Wildman–Crippen LogP) is 0.726. The van der Waals surface area contributed by atoms with Gasteiger partial charge in [0.15, 0.2) is 5.65 Å². The molecule has 162 valence electrons. The highest BCUT2D eigenvalue weighted by Crippen LogP contribution is 2.14. The number of anilines is 2. The molecule has 11 nitrogen and oxygen atoms in total. The zero-order valence-corrected chi connectivity index (χ0v) is 17.4. The van der Waals surface area contributed by atoms with E-state index in [9.17, 15) is 14.4 Å². The van der Waals surface area contributed by atoms with Gasteiger partial charge in [0.05, 0.1) is 5.52 Å². The van der Waals surface area contributed by atoms with Crippen molar-refractivity contribution in [2.24, 2.45) is 0 Å². The van der Waals surface area contributed by atoms with Crippen LogP contribution in [-0.4, -0.2) is 67.8 Å². The molecule has 0 unspecified atom stereocenters. The summed E-state index contributed by atoms with van der Waals surface area (Å²) < 4.78 is 0. The van der Waals surface area contributed by atoms with E-state index in [4.69, 9.17) is 0 Å². The summed E-state index contributed by atoms with van der Waals surface area (Å²) in [5.41, 5.74) is 2.40. The Morgan fingerprint density at radius 2 is 1.71 bits per heavy atom. The number of aromatic nitrogens is 5. The van der Waals surface area contributed by atoms with Gasteiger partial charge in [-0.15, -0.1) is 0 Å². The lowest BCUT2D eigenvalue weighted by Gasteiger charge is -2.35. The summed E-state index contributed by atoms with van der Waals surface area (Å²) in [6.45, 7) is 6.31. The summed E-state index contributed by atoms with van der Waals surface area (Å²) in [6.07, 6.45) is 0.178. The van der Waals surface area contributed by atoms with E-state index >= 15 is 0 Å². The number of nitrogens with one attached hydrogen (secondary N) is 3. The van der Waals surface area contributed by atoms with Gasteiger partial charge in [-0.25, -0.2) is 19.7 Å². The van der Waals surface area contributed by atoms with Crippen LogP contribution in [0.4, 0.5) is 11.8 Å². The van der Waals surface area contributed by atoms with E-state index in [0.717, 1.165) is 11.4 Å². The molecule has 3 aromatic rings. The average Bonchev–Trinajstić information content (AvgIpc) is 3.10. The molecular formula is C20H24N8O3. The highest BCUT2D eigenvalue weighted by molar-refractivity contribution is 5.93. The van der Waals surface area contributed by atoms with Gasteiger partial charge >= 0.3 is 5.69 Å². The molecule has 3 N–H and O–H groups in total. The Kier molecular flexibility index (Phi) is 5.65. The normalized spacial score (nSPS) is 14.1. The molecular weight excluding hydrogens is 400 g/mol. The third-order valence-corrected chi connectivity index (χ3v) is 5.09. The monoisotopic (exact) mass is 424 g/mol. The second-order valence-electron chi connectivity index (χ2n) is 7.54. The lowest BCUT2D eigenvalue weighted by Crippen LogP contribution is -2.49. The summed E-state index contributed by atoms with van der Waals surface area (Å²) in [5.74, 6) is 0.648. The number of rotatable bonds is 5. The predicted molar refractivity (Wildman–Crippen MR) is 115 cm³/mol. The molecule has 0 bridgehead atoms. The zero-order chi connectivity index (χ0) is 22.0. The number of hydrogen-bond donors (Lipinski definition) is 3. The van der Waals surface area contributed by atoms with E-state index < -0.39 is 0 Å². The lowest BCUT2D eigenvalue weighted by atomic mass is 10.2. The fourth-order valence-electron chi connectivity index (χ4n) is 3.57. The minimum absolute atomic E-state index is 0.0581. The number of amides is 2. The van der Waals surface area contributed by atoms with Crippen LogP contribution in [0.5, 0.6) is 0 Å². The van der Waals surface area contributed by atoms with Crippen LogP contribution < -0.4 is 15.9 Å². The highest BCUT2D eigenvalue weighted by Gasteiger charge is 2.23. The van der Waals surface area contributed by atoms with Gasteiger partial charge in [0, 0.05) is 50.4 Å². The Morgan fingerprint density at radius 1 is 1.00 bits per heavy atom. The van der Waals surface area contributed by atoms with Crippen molar-refractivity contribution in [3.8, 4) is 0 Å². The van der Waals surface area contributed by atoms with E-state index in [1.165, 1.54) is 0 Å². The number of hydrogen-bond acceptors (Lipinski definition) is 7. The third-order valence-electron chi connectivity index (χ3n) is 5.09. The maximum absolute atomic E-state index is 12.5. The Labute approximate surface area is 177 Å². The van der Waals surface area contributed by atoms with Crippen LogP contribution in [0.15, 0.2) is 23.0 Å². The largest absolute Gasteiger partial charge is 0.339 e. The van der Waals surface area contributed by atoms with Crippen molar-refractivity contribution in [3.63, 3.8) is 0 Å². The molecule has 4 heterocycles. The number of pyridine rings is 1. The molecule has 1 aliphatic rings. The number of H-pyrrole nitrogens is 2. The highest BCUT2D eigenvalue weighted by atomic mass is 16.2. The van der Waals surface area contributed by atoms with Gasteiger partial charge in [0.25, 0.3) is 0 Å². The number of aryl methyl sites for hydroxylation is 2. The Balaban J connectivity index is 1.25.